The maximum absolute atomic E-state index is 12.4. The largest absolute Gasteiger partial charge is 0.356 e. The standard InChI is InChI=1S/C17H24BrN3OS/c1-13-10-15(18)12-19-17(13)21-4-2-14(3-5-21)11-16(22)20-6-8-23-9-7-20/h10,12,14H,2-9,11H2,1H3. The number of anilines is 1. The molecule has 3 rings (SSSR count). The third-order valence-corrected chi connectivity index (χ3v) is 6.13. The Kier molecular flexibility index (Phi) is 5.85. The van der Waals surface area contributed by atoms with E-state index in [0.29, 0.717) is 11.8 Å². The fraction of sp³-hybridized carbons (Fsp3) is 0.647. The number of aryl methyl sites for hydroxylation is 1. The minimum Gasteiger partial charge on any atom is -0.356 e. The molecule has 6 heteroatoms. The molecule has 2 saturated heterocycles. The maximum Gasteiger partial charge on any atom is 0.222 e. The lowest BCUT2D eigenvalue weighted by molar-refractivity contribution is -0.132. The molecule has 2 fully saturated rings. The molecule has 0 atom stereocenters. The van der Waals surface area contributed by atoms with Gasteiger partial charge >= 0.3 is 0 Å². The lowest BCUT2D eigenvalue weighted by Crippen LogP contribution is -2.41. The number of amides is 1. The zero-order valence-electron chi connectivity index (χ0n) is 13.6. The van der Waals surface area contributed by atoms with Crippen molar-refractivity contribution in [3.63, 3.8) is 0 Å². The Balaban J connectivity index is 1.51. The number of piperidine rings is 1. The summed E-state index contributed by atoms with van der Waals surface area (Å²) in [5.41, 5.74) is 1.21. The van der Waals surface area contributed by atoms with Crippen molar-refractivity contribution < 1.29 is 4.79 Å². The summed E-state index contributed by atoms with van der Waals surface area (Å²) < 4.78 is 1.03. The van der Waals surface area contributed by atoms with Crippen LogP contribution in [0.1, 0.15) is 24.8 Å². The van der Waals surface area contributed by atoms with Crippen molar-refractivity contribution in [3.05, 3.63) is 22.3 Å². The predicted octanol–water partition coefficient (Wildman–Crippen LogP) is 3.33. The molecule has 4 nitrogen and oxygen atoms in total. The molecule has 126 valence electrons. The van der Waals surface area contributed by atoms with Crippen LogP contribution >= 0.6 is 27.7 Å². The lowest BCUT2D eigenvalue weighted by atomic mass is 9.92. The zero-order valence-corrected chi connectivity index (χ0v) is 16.0. The number of thioether (sulfide) groups is 1. The molecule has 0 unspecified atom stereocenters. The Morgan fingerprint density at radius 3 is 2.65 bits per heavy atom. The number of pyridine rings is 1. The monoisotopic (exact) mass is 397 g/mol. The molecule has 0 N–H and O–H groups in total. The van der Waals surface area contributed by atoms with E-state index in [9.17, 15) is 4.79 Å². The second-order valence-electron chi connectivity index (χ2n) is 6.42. The van der Waals surface area contributed by atoms with Crippen molar-refractivity contribution in [1.82, 2.24) is 9.88 Å². The van der Waals surface area contributed by atoms with Crippen molar-refractivity contribution >= 4 is 39.4 Å². The zero-order chi connectivity index (χ0) is 16.2. The van der Waals surface area contributed by atoms with Crippen LogP contribution in [0.5, 0.6) is 0 Å². The van der Waals surface area contributed by atoms with E-state index in [-0.39, 0.29) is 0 Å². The van der Waals surface area contributed by atoms with Gasteiger partial charge in [0, 0.05) is 54.8 Å². The second-order valence-corrected chi connectivity index (χ2v) is 8.56. The van der Waals surface area contributed by atoms with Gasteiger partial charge in [-0.1, -0.05) is 0 Å². The molecular formula is C17H24BrN3OS. The first-order valence-electron chi connectivity index (χ1n) is 8.36. The van der Waals surface area contributed by atoms with E-state index in [2.05, 4.69) is 43.7 Å². The number of hydrogen-bond donors (Lipinski definition) is 0. The number of carbonyl (C=O) groups excluding carboxylic acids is 1. The molecule has 0 aliphatic carbocycles. The molecule has 0 saturated carbocycles. The quantitative estimate of drug-likeness (QED) is 0.783. The van der Waals surface area contributed by atoms with Gasteiger partial charge in [-0.05, 0) is 53.2 Å². The molecule has 2 aliphatic heterocycles. The molecule has 0 aromatic carbocycles. The molecule has 2 aliphatic rings. The number of carbonyl (C=O) groups is 1. The first kappa shape index (κ1) is 17.1. The average Bonchev–Trinajstić information content (AvgIpc) is 2.57. The van der Waals surface area contributed by atoms with E-state index >= 15 is 0 Å². The van der Waals surface area contributed by atoms with E-state index in [4.69, 9.17) is 0 Å². The van der Waals surface area contributed by atoms with E-state index in [1.807, 2.05) is 18.0 Å². The van der Waals surface area contributed by atoms with E-state index < -0.39 is 0 Å². The topological polar surface area (TPSA) is 36.4 Å². The summed E-state index contributed by atoms with van der Waals surface area (Å²) in [6.07, 6.45) is 4.77. The van der Waals surface area contributed by atoms with Gasteiger partial charge in [0.15, 0.2) is 0 Å². The highest BCUT2D eigenvalue weighted by atomic mass is 79.9. The van der Waals surface area contributed by atoms with Crippen LogP contribution in [0.15, 0.2) is 16.7 Å². The van der Waals surface area contributed by atoms with Gasteiger partial charge in [-0.2, -0.15) is 11.8 Å². The van der Waals surface area contributed by atoms with Crippen LogP contribution < -0.4 is 4.90 Å². The highest BCUT2D eigenvalue weighted by Crippen LogP contribution is 2.28. The van der Waals surface area contributed by atoms with Gasteiger partial charge in [0.25, 0.3) is 0 Å². The van der Waals surface area contributed by atoms with Crippen molar-refractivity contribution in [1.29, 1.82) is 0 Å². The molecule has 1 amide bonds. The molecule has 3 heterocycles. The van der Waals surface area contributed by atoms with Crippen LogP contribution in [0.25, 0.3) is 0 Å². The number of nitrogens with zero attached hydrogens (tertiary/aromatic N) is 3. The molecule has 23 heavy (non-hydrogen) atoms. The first-order valence-corrected chi connectivity index (χ1v) is 10.3. The summed E-state index contributed by atoms with van der Waals surface area (Å²) in [5, 5.41) is 0. The summed E-state index contributed by atoms with van der Waals surface area (Å²) in [6.45, 7) is 5.98. The van der Waals surface area contributed by atoms with Crippen LogP contribution in [0.4, 0.5) is 5.82 Å². The Morgan fingerprint density at radius 1 is 1.30 bits per heavy atom. The maximum atomic E-state index is 12.4. The van der Waals surface area contributed by atoms with Gasteiger partial charge < -0.3 is 9.80 Å². The predicted molar refractivity (Wildman–Crippen MR) is 100 cm³/mol. The number of hydrogen-bond acceptors (Lipinski definition) is 4. The minimum atomic E-state index is 0.363. The smallest absolute Gasteiger partial charge is 0.222 e. The van der Waals surface area contributed by atoms with Gasteiger partial charge in [-0.15, -0.1) is 0 Å². The van der Waals surface area contributed by atoms with E-state index in [0.717, 1.165) is 67.2 Å². The summed E-state index contributed by atoms with van der Waals surface area (Å²) in [6, 6.07) is 2.12. The first-order chi connectivity index (χ1) is 11.1. The third kappa shape index (κ3) is 4.41. The highest BCUT2D eigenvalue weighted by molar-refractivity contribution is 9.10. The van der Waals surface area contributed by atoms with Gasteiger partial charge in [0.05, 0.1) is 0 Å². The Morgan fingerprint density at radius 2 is 2.00 bits per heavy atom. The van der Waals surface area contributed by atoms with Crippen molar-refractivity contribution in [2.24, 2.45) is 5.92 Å². The van der Waals surface area contributed by atoms with Gasteiger partial charge in [0.1, 0.15) is 5.82 Å². The second kappa shape index (κ2) is 7.88. The average molecular weight is 398 g/mol. The highest BCUT2D eigenvalue weighted by Gasteiger charge is 2.25. The van der Waals surface area contributed by atoms with E-state index in [1.165, 1.54) is 5.56 Å². The van der Waals surface area contributed by atoms with Gasteiger partial charge in [-0.25, -0.2) is 4.98 Å². The van der Waals surface area contributed by atoms with E-state index in [1.54, 1.807) is 0 Å². The van der Waals surface area contributed by atoms with Crippen LogP contribution in [-0.2, 0) is 4.79 Å². The fourth-order valence-electron chi connectivity index (χ4n) is 3.40. The number of halogens is 1. The van der Waals surface area contributed by atoms with Gasteiger partial charge in [0.2, 0.25) is 5.91 Å². The summed E-state index contributed by atoms with van der Waals surface area (Å²) in [7, 11) is 0. The SMILES string of the molecule is Cc1cc(Br)cnc1N1CCC(CC(=O)N2CCSCC2)CC1. The lowest BCUT2D eigenvalue weighted by Gasteiger charge is -2.34. The van der Waals surface area contributed by atoms with Crippen LogP contribution in [0.3, 0.4) is 0 Å². The molecule has 1 aromatic heterocycles. The van der Waals surface area contributed by atoms with Crippen LogP contribution in [-0.4, -0.2) is 53.5 Å². The van der Waals surface area contributed by atoms with Crippen molar-refractivity contribution in [3.8, 4) is 0 Å². The Labute approximate surface area is 151 Å². The summed E-state index contributed by atoms with van der Waals surface area (Å²) >= 11 is 5.42. The molecular weight excluding hydrogens is 374 g/mol. The molecule has 0 radical (unpaired) electrons. The van der Waals surface area contributed by atoms with Crippen LogP contribution in [0, 0.1) is 12.8 Å². The fourth-order valence-corrected chi connectivity index (χ4v) is 4.75. The normalized spacial score (nSPS) is 19.9. The molecule has 0 spiro atoms. The minimum absolute atomic E-state index is 0.363. The third-order valence-electron chi connectivity index (χ3n) is 4.76. The Hall–Kier alpha value is -0.750. The number of rotatable bonds is 3. The summed E-state index contributed by atoms with van der Waals surface area (Å²) in [4.78, 5) is 21.4. The number of aromatic nitrogens is 1. The van der Waals surface area contributed by atoms with Crippen LogP contribution in [0.2, 0.25) is 0 Å². The molecule has 0 bridgehead atoms. The Bertz CT molecular complexity index is 555. The van der Waals surface area contributed by atoms with Crippen molar-refractivity contribution in [2.45, 2.75) is 26.2 Å². The summed E-state index contributed by atoms with van der Waals surface area (Å²) in [5.74, 6) is 4.18. The van der Waals surface area contributed by atoms with Gasteiger partial charge in [-0.3, -0.25) is 4.79 Å². The van der Waals surface area contributed by atoms with Crippen molar-refractivity contribution in [2.75, 3.05) is 42.6 Å². The molecule has 1 aromatic rings.